The predicted molar refractivity (Wildman–Crippen MR) is 113 cm³/mol. The van der Waals surface area contributed by atoms with Crippen molar-refractivity contribution in [2.75, 3.05) is 43.4 Å². The number of hydrogen-bond donors (Lipinski definition) is 2. The van der Waals surface area contributed by atoms with Gasteiger partial charge in [-0.2, -0.15) is 9.61 Å². The third kappa shape index (κ3) is 3.82. The van der Waals surface area contributed by atoms with Crippen LogP contribution in [-0.2, 0) is 4.79 Å². The summed E-state index contributed by atoms with van der Waals surface area (Å²) in [7, 11) is 2.15. The van der Waals surface area contributed by atoms with Crippen molar-refractivity contribution in [1.82, 2.24) is 24.8 Å². The number of anilines is 2. The summed E-state index contributed by atoms with van der Waals surface area (Å²) >= 11 is 0.906. The molecule has 3 fully saturated rings. The van der Waals surface area contributed by atoms with Gasteiger partial charge in [0.1, 0.15) is 11.6 Å². The maximum atomic E-state index is 12.0. The number of nitrogens with zero attached hydrogens (tertiary/aromatic N) is 5. The summed E-state index contributed by atoms with van der Waals surface area (Å²) < 4.78 is 1.79. The van der Waals surface area contributed by atoms with E-state index in [-0.39, 0.29) is 11.1 Å². The van der Waals surface area contributed by atoms with Gasteiger partial charge in [0.05, 0.1) is 11.1 Å². The van der Waals surface area contributed by atoms with Gasteiger partial charge in [0.25, 0.3) is 11.1 Å². The number of imide groups is 1. The number of hydrogen-bond acceptors (Lipinski definition) is 8. The van der Waals surface area contributed by atoms with Crippen molar-refractivity contribution in [3.63, 3.8) is 0 Å². The standard InChI is InChI=1S/C19H23N7O2S/c1-24-5-2-6-25(8-7-24)15-10-16(21-13-3-4-13)26-17(22-15)12(11-20-26)9-14-18(27)23-19(28)29-14/h9-11,13,21H,2-8H2,1H3,(H,23,27,28)/b14-9+. The van der Waals surface area contributed by atoms with Crippen LogP contribution in [0.4, 0.5) is 16.4 Å². The number of amides is 2. The SMILES string of the molecule is CN1CCCN(c2cc(NC3CC3)n3ncc(/C=C4/SC(=O)NC4=O)c3n2)CC1. The summed E-state index contributed by atoms with van der Waals surface area (Å²) in [6.07, 6.45) is 6.80. The molecule has 0 atom stereocenters. The lowest BCUT2D eigenvalue weighted by atomic mass is 10.3. The minimum Gasteiger partial charge on any atom is -0.367 e. The van der Waals surface area contributed by atoms with E-state index in [0.717, 1.165) is 74.4 Å². The highest BCUT2D eigenvalue weighted by molar-refractivity contribution is 8.18. The number of thioether (sulfide) groups is 1. The quantitative estimate of drug-likeness (QED) is 0.733. The zero-order valence-electron chi connectivity index (χ0n) is 16.2. The second-order valence-electron chi connectivity index (χ2n) is 7.75. The van der Waals surface area contributed by atoms with E-state index < -0.39 is 0 Å². The number of rotatable bonds is 4. The van der Waals surface area contributed by atoms with Crippen LogP contribution in [0.1, 0.15) is 24.8 Å². The summed E-state index contributed by atoms with van der Waals surface area (Å²) in [6.45, 7) is 3.94. The van der Waals surface area contributed by atoms with Crippen LogP contribution in [0.25, 0.3) is 11.7 Å². The fourth-order valence-electron chi connectivity index (χ4n) is 3.61. The van der Waals surface area contributed by atoms with Crippen LogP contribution < -0.4 is 15.5 Å². The summed E-state index contributed by atoms with van der Waals surface area (Å²) in [4.78, 5) is 33.4. The van der Waals surface area contributed by atoms with Crippen LogP contribution >= 0.6 is 11.8 Å². The summed E-state index contributed by atoms with van der Waals surface area (Å²) in [5, 5.41) is 9.99. The maximum absolute atomic E-state index is 12.0. The van der Waals surface area contributed by atoms with E-state index in [4.69, 9.17) is 4.98 Å². The van der Waals surface area contributed by atoms with Gasteiger partial charge < -0.3 is 15.1 Å². The molecule has 1 aliphatic carbocycles. The van der Waals surface area contributed by atoms with Crippen molar-refractivity contribution < 1.29 is 9.59 Å². The van der Waals surface area contributed by atoms with Crippen molar-refractivity contribution in [1.29, 1.82) is 0 Å². The molecule has 10 heteroatoms. The molecule has 2 N–H and O–H groups in total. The van der Waals surface area contributed by atoms with E-state index in [1.165, 1.54) is 0 Å². The van der Waals surface area contributed by atoms with Crippen molar-refractivity contribution in [3.05, 3.63) is 22.7 Å². The van der Waals surface area contributed by atoms with Crippen molar-refractivity contribution in [2.24, 2.45) is 0 Å². The Kier molecular flexibility index (Phi) is 4.67. The van der Waals surface area contributed by atoms with Gasteiger partial charge in [0, 0.05) is 37.3 Å². The van der Waals surface area contributed by atoms with Crippen molar-refractivity contribution in [2.45, 2.75) is 25.3 Å². The molecule has 2 aromatic heterocycles. The lowest BCUT2D eigenvalue weighted by molar-refractivity contribution is -0.115. The van der Waals surface area contributed by atoms with Gasteiger partial charge in [-0.15, -0.1) is 0 Å². The first kappa shape index (κ1) is 18.4. The molecule has 2 saturated heterocycles. The van der Waals surface area contributed by atoms with E-state index in [1.807, 2.05) is 0 Å². The highest BCUT2D eigenvalue weighted by atomic mass is 32.2. The van der Waals surface area contributed by atoms with Crippen LogP contribution in [0, 0.1) is 0 Å². The molecule has 3 aliphatic rings. The summed E-state index contributed by atoms with van der Waals surface area (Å²) in [5.74, 6) is 1.45. The first-order valence-corrected chi connectivity index (χ1v) is 10.7. The number of carbonyl (C=O) groups excluding carboxylic acids is 2. The van der Waals surface area contributed by atoms with Crippen LogP contribution in [0.2, 0.25) is 0 Å². The van der Waals surface area contributed by atoms with Gasteiger partial charge in [-0.1, -0.05) is 0 Å². The molecule has 2 aromatic rings. The first-order valence-electron chi connectivity index (χ1n) is 9.90. The average molecular weight is 414 g/mol. The van der Waals surface area contributed by atoms with Gasteiger partial charge in [0.15, 0.2) is 5.65 Å². The topological polar surface area (TPSA) is 94.9 Å². The molecule has 0 aromatic carbocycles. The second-order valence-corrected chi connectivity index (χ2v) is 8.76. The third-order valence-electron chi connectivity index (χ3n) is 5.39. The number of carbonyl (C=O) groups is 2. The van der Waals surface area contributed by atoms with Gasteiger partial charge >= 0.3 is 0 Å². The molecule has 29 heavy (non-hydrogen) atoms. The Morgan fingerprint density at radius 1 is 1.24 bits per heavy atom. The summed E-state index contributed by atoms with van der Waals surface area (Å²) in [6, 6.07) is 2.55. The summed E-state index contributed by atoms with van der Waals surface area (Å²) in [5.41, 5.74) is 1.41. The molecule has 2 aliphatic heterocycles. The Balaban J connectivity index is 1.56. The monoisotopic (exact) mass is 413 g/mol. The number of fused-ring (bicyclic) bond motifs is 1. The van der Waals surface area contributed by atoms with Crippen LogP contribution in [0.5, 0.6) is 0 Å². The number of likely N-dealkylation sites (N-methyl/N-ethyl adjacent to an activating group) is 1. The lowest BCUT2D eigenvalue weighted by Gasteiger charge is -2.23. The zero-order chi connectivity index (χ0) is 20.0. The molecule has 0 unspecified atom stereocenters. The second kappa shape index (κ2) is 7.34. The van der Waals surface area contributed by atoms with E-state index in [1.54, 1.807) is 16.8 Å². The molecular formula is C19H23N7O2S. The predicted octanol–water partition coefficient (Wildman–Crippen LogP) is 1.77. The Morgan fingerprint density at radius 3 is 2.86 bits per heavy atom. The minimum atomic E-state index is -0.373. The fourth-order valence-corrected chi connectivity index (χ4v) is 4.28. The van der Waals surface area contributed by atoms with Crippen LogP contribution in [0.3, 0.4) is 0 Å². The molecule has 9 nitrogen and oxygen atoms in total. The first-order chi connectivity index (χ1) is 14.1. The molecule has 1 saturated carbocycles. The molecule has 5 rings (SSSR count). The van der Waals surface area contributed by atoms with Crippen molar-refractivity contribution >= 4 is 46.3 Å². The number of aromatic nitrogens is 3. The molecule has 0 radical (unpaired) electrons. The highest BCUT2D eigenvalue weighted by Crippen LogP contribution is 2.30. The van der Waals surface area contributed by atoms with Crippen LogP contribution in [-0.4, -0.2) is 69.9 Å². The van der Waals surface area contributed by atoms with Gasteiger partial charge in [-0.3, -0.25) is 14.9 Å². The van der Waals surface area contributed by atoms with E-state index in [9.17, 15) is 9.59 Å². The van der Waals surface area contributed by atoms with Gasteiger partial charge in [-0.25, -0.2) is 4.98 Å². The van der Waals surface area contributed by atoms with E-state index in [0.29, 0.717) is 16.6 Å². The molecule has 152 valence electrons. The third-order valence-corrected chi connectivity index (χ3v) is 6.20. The molecule has 0 bridgehead atoms. The highest BCUT2D eigenvalue weighted by Gasteiger charge is 2.27. The van der Waals surface area contributed by atoms with Gasteiger partial charge in [0.2, 0.25) is 0 Å². The molecule has 4 heterocycles. The van der Waals surface area contributed by atoms with Crippen molar-refractivity contribution in [3.8, 4) is 0 Å². The molecular weight excluding hydrogens is 390 g/mol. The molecule has 0 spiro atoms. The Hall–Kier alpha value is -2.59. The molecule has 2 amide bonds. The average Bonchev–Trinajstić information content (AvgIpc) is 3.38. The van der Waals surface area contributed by atoms with E-state index >= 15 is 0 Å². The largest absolute Gasteiger partial charge is 0.367 e. The van der Waals surface area contributed by atoms with E-state index in [2.05, 4.69) is 38.6 Å². The minimum absolute atomic E-state index is 0.351. The zero-order valence-corrected chi connectivity index (χ0v) is 17.0. The normalized spacial score (nSPS) is 22.4. The Bertz CT molecular complexity index is 1010. The van der Waals surface area contributed by atoms with Gasteiger partial charge in [-0.05, 0) is 50.7 Å². The Morgan fingerprint density at radius 2 is 2.10 bits per heavy atom. The van der Waals surface area contributed by atoms with Crippen LogP contribution in [0.15, 0.2) is 17.2 Å². The smallest absolute Gasteiger partial charge is 0.290 e. The fraction of sp³-hybridized carbons (Fsp3) is 0.474. The maximum Gasteiger partial charge on any atom is 0.290 e. The Labute approximate surface area is 172 Å². The number of nitrogens with one attached hydrogen (secondary N) is 2. The lowest BCUT2D eigenvalue weighted by Crippen LogP contribution is -2.29.